The topological polar surface area (TPSA) is 74.3 Å². The molecule has 0 atom stereocenters. The van der Waals surface area contributed by atoms with Gasteiger partial charge in [0.1, 0.15) is 0 Å². The van der Waals surface area contributed by atoms with E-state index in [4.69, 9.17) is 16.6 Å². The van der Waals surface area contributed by atoms with Gasteiger partial charge in [0, 0.05) is 16.6 Å². The molecule has 3 aromatic rings. The minimum Gasteiger partial charge on any atom is -0.346 e. The second-order valence-electron chi connectivity index (χ2n) is 7.81. The summed E-state index contributed by atoms with van der Waals surface area (Å²) in [6, 6.07) is 13.6. The van der Waals surface area contributed by atoms with Gasteiger partial charge in [0.15, 0.2) is 0 Å². The number of halogens is 1. The maximum Gasteiger partial charge on any atom is 0.243 e. The van der Waals surface area contributed by atoms with Crippen LogP contribution in [-0.2, 0) is 9.59 Å². The number of thiazole rings is 1. The number of anilines is 1. The smallest absolute Gasteiger partial charge is 0.243 e. The average molecular weight is 457 g/mol. The molecule has 0 radical (unpaired) electrons. The first-order valence-electron chi connectivity index (χ1n) is 10.4. The molecule has 1 aliphatic rings. The van der Waals surface area contributed by atoms with Gasteiger partial charge < -0.3 is 10.6 Å². The summed E-state index contributed by atoms with van der Waals surface area (Å²) in [5.41, 5.74) is 2.53. The molecular weight excluding hydrogens is 432 g/mol. The van der Waals surface area contributed by atoms with Crippen molar-refractivity contribution in [2.75, 3.05) is 31.5 Å². The van der Waals surface area contributed by atoms with Crippen molar-refractivity contribution in [2.24, 2.45) is 0 Å². The summed E-state index contributed by atoms with van der Waals surface area (Å²) in [5.74, 6) is 0.0353. The Balaban J connectivity index is 1.21. The van der Waals surface area contributed by atoms with Crippen LogP contribution in [0.25, 0.3) is 10.2 Å². The fraction of sp³-hybridized carbons (Fsp3) is 0.348. The number of benzene rings is 2. The van der Waals surface area contributed by atoms with Crippen LogP contribution in [0.3, 0.4) is 0 Å². The molecule has 2 aromatic carbocycles. The van der Waals surface area contributed by atoms with E-state index in [2.05, 4.69) is 27.7 Å². The lowest BCUT2D eigenvalue weighted by Crippen LogP contribution is -2.43. The summed E-state index contributed by atoms with van der Waals surface area (Å²) < 4.78 is 1.23. The molecule has 31 heavy (non-hydrogen) atoms. The Morgan fingerprint density at radius 1 is 1.13 bits per heavy atom. The van der Waals surface area contributed by atoms with Crippen molar-refractivity contribution in [3.63, 3.8) is 0 Å². The lowest BCUT2D eigenvalue weighted by molar-refractivity contribution is -0.125. The maximum absolute atomic E-state index is 12.3. The molecule has 8 heteroatoms. The molecule has 0 spiro atoms. The van der Waals surface area contributed by atoms with Crippen LogP contribution in [-0.4, -0.2) is 47.9 Å². The number of nitrogens with zero attached hydrogens (tertiary/aromatic N) is 2. The zero-order valence-corrected chi connectivity index (χ0v) is 18.9. The third-order valence-corrected chi connectivity index (χ3v) is 7.21. The number of para-hydroxylation sites is 1. The van der Waals surface area contributed by atoms with Crippen molar-refractivity contribution in [2.45, 2.75) is 25.7 Å². The first kappa shape index (κ1) is 21.7. The molecule has 162 valence electrons. The van der Waals surface area contributed by atoms with Gasteiger partial charge in [-0.2, -0.15) is 0 Å². The van der Waals surface area contributed by atoms with Crippen molar-refractivity contribution >= 4 is 50.7 Å². The molecule has 1 fully saturated rings. The molecule has 1 aliphatic heterocycles. The molecule has 0 saturated carbocycles. The van der Waals surface area contributed by atoms with Crippen LogP contribution in [0, 0.1) is 6.92 Å². The zero-order valence-electron chi connectivity index (χ0n) is 17.4. The third-order valence-electron chi connectivity index (χ3n) is 5.60. The predicted molar refractivity (Wildman–Crippen MR) is 126 cm³/mol. The minimum absolute atomic E-state index is 0.0625. The number of carbonyl (C=O) groups excluding carboxylic acids is 2. The molecule has 0 aliphatic carbocycles. The van der Waals surface area contributed by atoms with Gasteiger partial charge in [0.25, 0.3) is 0 Å². The van der Waals surface area contributed by atoms with Crippen molar-refractivity contribution in [1.82, 2.24) is 15.2 Å². The van der Waals surface area contributed by atoms with Crippen LogP contribution in [0.1, 0.15) is 29.3 Å². The number of likely N-dealkylation sites (tertiary alicyclic amines) is 1. The van der Waals surface area contributed by atoms with Crippen LogP contribution >= 0.6 is 22.9 Å². The Bertz CT molecular complexity index is 1060. The fourth-order valence-electron chi connectivity index (χ4n) is 3.78. The van der Waals surface area contributed by atoms with Gasteiger partial charge >= 0.3 is 0 Å². The molecule has 2 amide bonds. The van der Waals surface area contributed by atoms with Gasteiger partial charge in [-0.15, -0.1) is 11.3 Å². The number of rotatable bonds is 6. The van der Waals surface area contributed by atoms with E-state index in [-0.39, 0.29) is 18.4 Å². The van der Waals surface area contributed by atoms with E-state index in [1.54, 1.807) is 29.5 Å². The number of nitrogens with one attached hydrogen (secondary N) is 2. The van der Waals surface area contributed by atoms with E-state index in [1.165, 1.54) is 9.71 Å². The van der Waals surface area contributed by atoms with E-state index in [0.717, 1.165) is 37.0 Å². The van der Waals surface area contributed by atoms with Crippen molar-refractivity contribution in [3.05, 3.63) is 58.1 Å². The molecule has 1 aromatic heterocycles. The maximum atomic E-state index is 12.3. The Morgan fingerprint density at radius 2 is 1.90 bits per heavy atom. The highest BCUT2D eigenvalue weighted by molar-refractivity contribution is 7.18. The lowest BCUT2D eigenvalue weighted by Gasteiger charge is -2.30. The number of aromatic nitrogens is 1. The first-order valence-corrected chi connectivity index (χ1v) is 11.6. The Kier molecular flexibility index (Phi) is 6.85. The summed E-state index contributed by atoms with van der Waals surface area (Å²) in [5, 5.41) is 7.28. The minimum atomic E-state index is -0.270. The van der Waals surface area contributed by atoms with Gasteiger partial charge in [-0.1, -0.05) is 29.8 Å². The lowest BCUT2D eigenvalue weighted by atomic mass is 9.97. The summed E-state index contributed by atoms with van der Waals surface area (Å²) in [4.78, 5) is 31.4. The Morgan fingerprint density at radius 3 is 2.68 bits per heavy atom. The standard InChI is InChI=1S/C23H25ClN4O2S/c1-15-17(24)5-4-7-18(15)26-21(29)13-25-22(30)14-28-11-9-16(10-12-28)23-27-19-6-2-3-8-20(19)31-23/h2-8,16H,9-14H2,1H3,(H,25,30)(H,26,29). The van der Waals surface area contributed by atoms with Crippen LogP contribution in [0.4, 0.5) is 5.69 Å². The number of fused-ring (bicyclic) bond motifs is 1. The average Bonchev–Trinajstić information content (AvgIpc) is 3.20. The Labute approximate surface area is 190 Å². The SMILES string of the molecule is Cc1c(Cl)cccc1NC(=O)CNC(=O)CN1CCC(c2nc3ccccc3s2)CC1. The molecular formula is C23H25ClN4O2S. The summed E-state index contributed by atoms with van der Waals surface area (Å²) in [6.07, 6.45) is 1.98. The normalized spacial score (nSPS) is 15.2. The van der Waals surface area contributed by atoms with Gasteiger partial charge in [-0.25, -0.2) is 4.98 Å². The second-order valence-corrected chi connectivity index (χ2v) is 9.28. The van der Waals surface area contributed by atoms with Gasteiger partial charge in [0.2, 0.25) is 11.8 Å². The predicted octanol–water partition coefficient (Wildman–Crippen LogP) is 4.19. The van der Waals surface area contributed by atoms with Crippen LogP contribution in [0.2, 0.25) is 5.02 Å². The Hall–Kier alpha value is -2.48. The largest absolute Gasteiger partial charge is 0.346 e. The first-order chi connectivity index (χ1) is 15.0. The van der Waals surface area contributed by atoms with Crippen LogP contribution in [0.5, 0.6) is 0 Å². The van der Waals surface area contributed by atoms with Gasteiger partial charge in [-0.3, -0.25) is 14.5 Å². The molecule has 6 nitrogen and oxygen atoms in total. The number of piperidine rings is 1. The molecule has 1 saturated heterocycles. The molecule has 0 unspecified atom stereocenters. The van der Waals surface area contributed by atoms with E-state index in [1.807, 2.05) is 19.1 Å². The zero-order chi connectivity index (χ0) is 21.8. The van der Waals surface area contributed by atoms with Crippen molar-refractivity contribution in [3.8, 4) is 0 Å². The highest BCUT2D eigenvalue weighted by Gasteiger charge is 2.24. The van der Waals surface area contributed by atoms with Gasteiger partial charge in [0.05, 0.1) is 28.3 Å². The highest BCUT2D eigenvalue weighted by Crippen LogP contribution is 2.33. The monoisotopic (exact) mass is 456 g/mol. The fourth-order valence-corrected chi connectivity index (χ4v) is 5.09. The second kappa shape index (κ2) is 9.77. The van der Waals surface area contributed by atoms with E-state index < -0.39 is 0 Å². The molecule has 2 N–H and O–H groups in total. The third kappa shape index (κ3) is 5.42. The van der Waals surface area contributed by atoms with E-state index in [0.29, 0.717) is 23.2 Å². The summed E-state index contributed by atoms with van der Waals surface area (Å²) >= 11 is 7.84. The number of carbonyl (C=O) groups is 2. The summed E-state index contributed by atoms with van der Waals surface area (Å²) in [7, 11) is 0. The molecule has 0 bridgehead atoms. The number of hydrogen-bond donors (Lipinski definition) is 2. The van der Waals surface area contributed by atoms with Crippen molar-refractivity contribution < 1.29 is 9.59 Å². The van der Waals surface area contributed by atoms with Crippen molar-refractivity contribution in [1.29, 1.82) is 0 Å². The number of hydrogen-bond acceptors (Lipinski definition) is 5. The quantitative estimate of drug-likeness (QED) is 0.583. The van der Waals surface area contributed by atoms with Gasteiger partial charge in [-0.05, 0) is 62.7 Å². The molecule has 2 heterocycles. The summed E-state index contributed by atoms with van der Waals surface area (Å²) in [6.45, 7) is 3.78. The van der Waals surface area contributed by atoms with Crippen LogP contribution in [0.15, 0.2) is 42.5 Å². The van der Waals surface area contributed by atoms with Crippen LogP contribution < -0.4 is 10.6 Å². The van der Waals surface area contributed by atoms with E-state index in [9.17, 15) is 9.59 Å². The van der Waals surface area contributed by atoms with E-state index >= 15 is 0 Å². The molecule has 4 rings (SSSR count). The highest BCUT2D eigenvalue weighted by atomic mass is 35.5. The number of amides is 2.